The van der Waals surface area contributed by atoms with Crippen LogP contribution in [0.1, 0.15) is 64.7 Å². The quantitative estimate of drug-likeness (QED) is 0.427. The van der Waals surface area contributed by atoms with Crippen molar-refractivity contribution in [2.24, 2.45) is 0 Å². The van der Waals surface area contributed by atoms with E-state index in [2.05, 4.69) is 6.92 Å². The molecule has 1 heterocycles. The lowest BCUT2D eigenvalue weighted by molar-refractivity contribution is 0.301. The van der Waals surface area contributed by atoms with E-state index in [-0.39, 0.29) is 24.5 Å². The smallest absolute Gasteiger partial charge is 0.270 e. The van der Waals surface area contributed by atoms with Gasteiger partial charge in [0, 0.05) is 0 Å². The zero-order valence-electron chi connectivity index (χ0n) is 12.9. The summed E-state index contributed by atoms with van der Waals surface area (Å²) in [6, 6.07) is 0. The van der Waals surface area contributed by atoms with Gasteiger partial charge >= 0.3 is 0 Å². The summed E-state index contributed by atoms with van der Waals surface area (Å²) in [5, 5.41) is -0.864. The van der Waals surface area contributed by atoms with Crippen LogP contribution in [0, 0.1) is 0 Å². The van der Waals surface area contributed by atoms with Crippen molar-refractivity contribution in [2.75, 3.05) is 18.1 Å². The Morgan fingerprint density at radius 2 is 1.57 bits per heavy atom. The van der Waals surface area contributed by atoms with Crippen LogP contribution in [0.4, 0.5) is 0 Å². The van der Waals surface area contributed by atoms with Gasteiger partial charge in [-0.1, -0.05) is 51.9 Å². The van der Waals surface area contributed by atoms with Gasteiger partial charge in [-0.25, -0.2) is 8.42 Å². The molecule has 0 aromatic heterocycles. The molecule has 0 saturated carbocycles. The van der Waals surface area contributed by atoms with Gasteiger partial charge in [0.2, 0.25) is 0 Å². The lowest BCUT2D eigenvalue weighted by Gasteiger charge is -2.10. The van der Waals surface area contributed by atoms with Crippen molar-refractivity contribution in [2.45, 2.75) is 70.0 Å². The van der Waals surface area contributed by atoms with Crippen LogP contribution in [0.15, 0.2) is 0 Å². The molecule has 0 bridgehead atoms. The summed E-state index contributed by atoms with van der Waals surface area (Å²) in [5.41, 5.74) is 0. The van der Waals surface area contributed by atoms with Gasteiger partial charge in [0.25, 0.3) is 10.1 Å². The van der Waals surface area contributed by atoms with E-state index in [1.54, 1.807) is 0 Å². The molecule has 1 fully saturated rings. The summed E-state index contributed by atoms with van der Waals surface area (Å²) in [7, 11) is -6.90. The maximum atomic E-state index is 11.8. The summed E-state index contributed by atoms with van der Waals surface area (Å²) in [4.78, 5) is 0. The molecule has 126 valence electrons. The van der Waals surface area contributed by atoms with Gasteiger partial charge < -0.3 is 0 Å². The SMILES string of the molecule is CCCCCCCCCCOS(=O)(=O)[C@@H]1CCS(=O)(=O)C1. The standard InChI is InChI=1S/C14H28O5S2/c1-2-3-4-5-6-7-8-9-11-19-21(17,18)14-10-12-20(15,16)13-14/h14H,2-13H2,1H3/t14-/m1/s1. The van der Waals surface area contributed by atoms with Gasteiger partial charge in [-0.2, -0.15) is 8.42 Å². The van der Waals surface area contributed by atoms with Crippen LogP contribution < -0.4 is 0 Å². The normalized spacial score (nSPS) is 21.7. The zero-order chi connectivity index (χ0) is 15.8. The van der Waals surface area contributed by atoms with E-state index in [0.29, 0.717) is 6.42 Å². The van der Waals surface area contributed by atoms with Crippen molar-refractivity contribution in [3.05, 3.63) is 0 Å². The topological polar surface area (TPSA) is 77.5 Å². The van der Waals surface area contributed by atoms with Crippen LogP contribution in [0.2, 0.25) is 0 Å². The molecule has 1 rings (SSSR count). The number of hydrogen-bond acceptors (Lipinski definition) is 5. The highest BCUT2D eigenvalue weighted by Crippen LogP contribution is 2.20. The number of sulfone groups is 1. The Labute approximate surface area is 129 Å². The molecular formula is C14H28O5S2. The van der Waals surface area contributed by atoms with E-state index in [4.69, 9.17) is 4.18 Å². The summed E-state index contributed by atoms with van der Waals surface area (Å²) < 4.78 is 51.2. The van der Waals surface area contributed by atoms with E-state index in [0.717, 1.165) is 12.8 Å². The largest absolute Gasteiger partial charge is 0.271 e. The lowest BCUT2D eigenvalue weighted by atomic mass is 10.1. The Morgan fingerprint density at radius 3 is 2.10 bits per heavy atom. The van der Waals surface area contributed by atoms with Gasteiger partial charge in [0.15, 0.2) is 9.84 Å². The third-order valence-corrected chi connectivity index (χ3v) is 7.54. The first-order valence-corrected chi connectivity index (χ1v) is 11.3. The van der Waals surface area contributed by atoms with E-state index < -0.39 is 25.2 Å². The van der Waals surface area contributed by atoms with Crippen LogP contribution in [0.3, 0.4) is 0 Å². The summed E-state index contributed by atoms with van der Waals surface area (Å²) in [6.07, 6.45) is 9.18. The van der Waals surface area contributed by atoms with Crippen molar-refractivity contribution < 1.29 is 21.0 Å². The maximum Gasteiger partial charge on any atom is 0.271 e. The molecule has 0 unspecified atom stereocenters. The van der Waals surface area contributed by atoms with Crippen LogP contribution in [-0.2, 0) is 24.1 Å². The predicted octanol–water partition coefficient (Wildman–Crippen LogP) is 2.66. The van der Waals surface area contributed by atoms with E-state index in [1.807, 2.05) is 0 Å². The lowest BCUT2D eigenvalue weighted by Crippen LogP contribution is -2.25. The Hall–Kier alpha value is -0.140. The zero-order valence-corrected chi connectivity index (χ0v) is 14.6. The molecule has 21 heavy (non-hydrogen) atoms. The van der Waals surface area contributed by atoms with E-state index >= 15 is 0 Å². The molecule has 1 aliphatic rings. The minimum atomic E-state index is -3.71. The fourth-order valence-electron chi connectivity index (χ4n) is 2.50. The van der Waals surface area contributed by atoms with Gasteiger partial charge in [-0.15, -0.1) is 0 Å². The van der Waals surface area contributed by atoms with Crippen molar-refractivity contribution in [3.8, 4) is 0 Å². The molecule has 0 spiro atoms. The molecule has 0 aliphatic carbocycles. The highest BCUT2D eigenvalue weighted by atomic mass is 32.2. The van der Waals surface area contributed by atoms with Crippen LogP contribution in [0.25, 0.3) is 0 Å². The Morgan fingerprint density at radius 1 is 1.00 bits per heavy atom. The molecule has 0 aromatic rings. The van der Waals surface area contributed by atoms with Crippen LogP contribution in [0.5, 0.6) is 0 Å². The first kappa shape index (κ1) is 18.9. The molecule has 0 amide bonds. The molecule has 0 N–H and O–H groups in total. The summed E-state index contributed by atoms with van der Waals surface area (Å²) >= 11 is 0. The maximum absolute atomic E-state index is 11.8. The van der Waals surface area contributed by atoms with Crippen molar-refractivity contribution >= 4 is 20.0 Å². The van der Waals surface area contributed by atoms with E-state index in [9.17, 15) is 16.8 Å². The highest BCUT2D eigenvalue weighted by Gasteiger charge is 2.37. The van der Waals surface area contributed by atoms with Crippen LogP contribution >= 0.6 is 0 Å². The van der Waals surface area contributed by atoms with Crippen molar-refractivity contribution in [1.29, 1.82) is 0 Å². The molecule has 1 aliphatic heterocycles. The number of unbranched alkanes of at least 4 members (excludes halogenated alkanes) is 7. The van der Waals surface area contributed by atoms with Crippen molar-refractivity contribution in [1.82, 2.24) is 0 Å². The predicted molar refractivity (Wildman–Crippen MR) is 84.5 cm³/mol. The molecule has 7 heteroatoms. The molecule has 5 nitrogen and oxygen atoms in total. The average molecular weight is 341 g/mol. The minimum Gasteiger partial charge on any atom is -0.270 e. The highest BCUT2D eigenvalue weighted by molar-refractivity contribution is 7.94. The fourth-order valence-corrected chi connectivity index (χ4v) is 6.43. The first-order chi connectivity index (χ1) is 9.87. The second-order valence-corrected chi connectivity index (χ2v) is 9.93. The third kappa shape index (κ3) is 7.61. The van der Waals surface area contributed by atoms with Crippen molar-refractivity contribution in [3.63, 3.8) is 0 Å². The second kappa shape index (κ2) is 9.10. The monoisotopic (exact) mass is 340 g/mol. The van der Waals surface area contributed by atoms with Gasteiger partial charge in [-0.3, -0.25) is 4.18 Å². The number of hydrogen-bond donors (Lipinski definition) is 0. The average Bonchev–Trinajstić information content (AvgIpc) is 2.78. The van der Waals surface area contributed by atoms with Gasteiger partial charge in [0.1, 0.15) is 5.25 Å². The molecular weight excluding hydrogens is 312 g/mol. The van der Waals surface area contributed by atoms with Crippen LogP contribution in [-0.4, -0.2) is 40.2 Å². The molecule has 1 saturated heterocycles. The molecule has 0 radical (unpaired) electrons. The second-order valence-electron chi connectivity index (χ2n) is 5.81. The van der Waals surface area contributed by atoms with Gasteiger partial charge in [0.05, 0.1) is 18.1 Å². The Balaban J connectivity index is 2.09. The third-order valence-electron chi connectivity index (χ3n) is 3.84. The summed E-state index contributed by atoms with van der Waals surface area (Å²) in [6.45, 7) is 2.36. The summed E-state index contributed by atoms with van der Waals surface area (Å²) in [5.74, 6) is -0.329. The minimum absolute atomic E-state index is 0.0436. The Kier molecular flexibility index (Phi) is 8.19. The molecule has 0 aromatic carbocycles. The van der Waals surface area contributed by atoms with E-state index in [1.165, 1.54) is 32.1 Å². The fraction of sp³-hybridized carbons (Fsp3) is 1.00. The Bertz CT molecular complexity index is 481. The number of rotatable bonds is 11. The first-order valence-electron chi connectivity index (χ1n) is 7.96. The molecule has 1 atom stereocenters. The van der Waals surface area contributed by atoms with Gasteiger partial charge in [-0.05, 0) is 12.8 Å².